The Labute approximate surface area is 105 Å². The van der Waals surface area contributed by atoms with Gasteiger partial charge in [-0.3, -0.25) is 14.4 Å². The Bertz CT molecular complexity index is 365. The van der Waals surface area contributed by atoms with E-state index in [1.807, 2.05) is 0 Å². The zero-order chi connectivity index (χ0) is 13.1. The van der Waals surface area contributed by atoms with E-state index >= 15 is 0 Å². The number of rotatable bonds is 3. The second-order valence-corrected chi connectivity index (χ2v) is 4.59. The minimum absolute atomic E-state index is 0.159. The van der Waals surface area contributed by atoms with Gasteiger partial charge in [0.25, 0.3) is 0 Å². The minimum atomic E-state index is -1.07. The van der Waals surface area contributed by atoms with Gasteiger partial charge in [-0.1, -0.05) is 0 Å². The number of piperazine rings is 1. The summed E-state index contributed by atoms with van der Waals surface area (Å²) in [6.07, 6.45) is 1.33. The van der Waals surface area contributed by atoms with E-state index in [4.69, 9.17) is 5.11 Å². The Morgan fingerprint density at radius 3 is 2.78 bits per heavy atom. The molecule has 0 bridgehead atoms. The molecule has 0 aromatic rings. The maximum absolute atomic E-state index is 12.2. The van der Waals surface area contributed by atoms with Crippen molar-refractivity contribution in [2.24, 2.45) is 0 Å². The number of nitrogens with zero attached hydrogens (tertiary/aromatic N) is 1. The van der Waals surface area contributed by atoms with Crippen molar-refractivity contribution in [1.29, 1.82) is 0 Å². The monoisotopic (exact) mass is 255 g/mol. The van der Waals surface area contributed by atoms with Crippen molar-refractivity contribution in [3.8, 4) is 0 Å². The third-order valence-electron chi connectivity index (χ3n) is 3.34. The van der Waals surface area contributed by atoms with Gasteiger partial charge >= 0.3 is 5.97 Å². The summed E-state index contributed by atoms with van der Waals surface area (Å²) < 4.78 is 0. The second kappa shape index (κ2) is 5.34. The maximum Gasteiger partial charge on any atom is 0.305 e. The Kier molecular flexibility index (Phi) is 3.81. The highest BCUT2D eigenvalue weighted by atomic mass is 16.4. The predicted molar refractivity (Wildman–Crippen MR) is 61.8 cm³/mol. The number of carboxylic acids is 1. The summed E-state index contributed by atoms with van der Waals surface area (Å²) in [5, 5.41) is 14.5. The Morgan fingerprint density at radius 2 is 2.17 bits per heavy atom. The lowest BCUT2D eigenvalue weighted by Gasteiger charge is -2.35. The van der Waals surface area contributed by atoms with Crippen LogP contribution in [0.25, 0.3) is 0 Å². The average molecular weight is 255 g/mol. The van der Waals surface area contributed by atoms with E-state index < -0.39 is 12.0 Å². The average Bonchev–Trinajstić information content (AvgIpc) is 2.84. The molecule has 0 aliphatic carbocycles. The first-order valence-electron chi connectivity index (χ1n) is 6.13. The van der Waals surface area contributed by atoms with Crippen LogP contribution in [0.5, 0.6) is 0 Å². The fourth-order valence-electron chi connectivity index (χ4n) is 2.44. The number of hydrogen-bond acceptors (Lipinski definition) is 4. The van der Waals surface area contributed by atoms with E-state index in [9.17, 15) is 14.4 Å². The van der Waals surface area contributed by atoms with Crippen LogP contribution in [0.3, 0.4) is 0 Å². The Hall–Kier alpha value is -1.63. The summed E-state index contributed by atoms with van der Waals surface area (Å²) in [5.74, 6) is -1.61. The van der Waals surface area contributed by atoms with E-state index in [1.54, 1.807) is 0 Å². The van der Waals surface area contributed by atoms with E-state index in [1.165, 1.54) is 4.90 Å². The van der Waals surface area contributed by atoms with Gasteiger partial charge in [0, 0.05) is 13.1 Å². The first kappa shape index (κ1) is 12.8. The highest BCUT2D eigenvalue weighted by molar-refractivity contribution is 5.93. The normalized spacial score (nSPS) is 28.0. The van der Waals surface area contributed by atoms with Crippen molar-refractivity contribution in [1.82, 2.24) is 15.5 Å². The molecule has 2 heterocycles. The molecule has 2 aliphatic rings. The van der Waals surface area contributed by atoms with Gasteiger partial charge in [0.1, 0.15) is 6.04 Å². The zero-order valence-electron chi connectivity index (χ0n) is 10.0. The van der Waals surface area contributed by atoms with Crippen LogP contribution in [0.2, 0.25) is 0 Å². The molecule has 0 spiro atoms. The van der Waals surface area contributed by atoms with Crippen molar-refractivity contribution in [3.63, 3.8) is 0 Å². The third kappa shape index (κ3) is 2.61. The summed E-state index contributed by atoms with van der Waals surface area (Å²) in [5.41, 5.74) is 0. The lowest BCUT2D eigenvalue weighted by Crippen LogP contribution is -2.60. The first-order valence-corrected chi connectivity index (χ1v) is 6.13. The predicted octanol–water partition coefficient (Wildman–Crippen LogP) is -1.46. The standard InChI is InChI=1S/C11H17N3O4/c15-9(16)6-8-10(17)13-4-5-14(8)11(18)7-2-1-3-12-7/h7-8,12H,1-6H2,(H,13,17)(H,15,16)/t7-,8?/m1/s1. The molecule has 2 fully saturated rings. The van der Waals surface area contributed by atoms with Gasteiger partial charge in [-0.15, -0.1) is 0 Å². The highest BCUT2D eigenvalue weighted by Crippen LogP contribution is 2.15. The number of carboxylic acid groups (broad SMARTS) is 1. The van der Waals surface area contributed by atoms with Crippen LogP contribution in [-0.4, -0.2) is 59.5 Å². The number of amides is 2. The topological polar surface area (TPSA) is 98.7 Å². The number of carbonyl (C=O) groups excluding carboxylic acids is 2. The molecule has 7 heteroatoms. The summed E-state index contributed by atoms with van der Waals surface area (Å²) in [7, 11) is 0. The smallest absolute Gasteiger partial charge is 0.305 e. The Morgan fingerprint density at radius 1 is 1.39 bits per heavy atom. The van der Waals surface area contributed by atoms with Gasteiger partial charge in [-0.05, 0) is 19.4 Å². The highest BCUT2D eigenvalue weighted by Gasteiger charge is 2.37. The second-order valence-electron chi connectivity index (χ2n) is 4.59. The molecule has 2 rings (SSSR count). The molecule has 2 saturated heterocycles. The third-order valence-corrected chi connectivity index (χ3v) is 3.34. The van der Waals surface area contributed by atoms with Gasteiger partial charge in [0.15, 0.2) is 0 Å². The van der Waals surface area contributed by atoms with E-state index in [-0.39, 0.29) is 24.3 Å². The number of nitrogens with one attached hydrogen (secondary N) is 2. The molecule has 2 atom stereocenters. The van der Waals surface area contributed by atoms with Crippen LogP contribution in [0, 0.1) is 0 Å². The van der Waals surface area contributed by atoms with Crippen LogP contribution in [-0.2, 0) is 14.4 Å². The zero-order valence-corrected chi connectivity index (χ0v) is 10.0. The SMILES string of the molecule is O=C(O)CC1C(=O)NCCN1C(=O)[C@H]1CCCN1. The van der Waals surface area contributed by atoms with Crippen LogP contribution in [0.1, 0.15) is 19.3 Å². The largest absolute Gasteiger partial charge is 0.481 e. The number of carbonyl (C=O) groups is 3. The van der Waals surface area contributed by atoms with Crippen LogP contribution in [0.15, 0.2) is 0 Å². The van der Waals surface area contributed by atoms with E-state index in [2.05, 4.69) is 10.6 Å². The molecule has 0 aromatic carbocycles. The molecule has 2 aliphatic heterocycles. The van der Waals surface area contributed by atoms with Gasteiger partial charge in [0.05, 0.1) is 12.5 Å². The summed E-state index contributed by atoms with van der Waals surface area (Å²) in [6.45, 7) is 1.55. The molecule has 2 amide bonds. The molecule has 18 heavy (non-hydrogen) atoms. The van der Waals surface area contributed by atoms with Crippen molar-refractivity contribution < 1.29 is 19.5 Å². The minimum Gasteiger partial charge on any atom is -0.481 e. The van der Waals surface area contributed by atoms with E-state index in [0.717, 1.165) is 19.4 Å². The molecule has 3 N–H and O–H groups in total. The summed E-state index contributed by atoms with van der Waals surface area (Å²) in [4.78, 5) is 36.1. The molecular weight excluding hydrogens is 238 g/mol. The van der Waals surface area contributed by atoms with Crippen LogP contribution >= 0.6 is 0 Å². The van der Waals surface area contributed by atoms with Crippen LogP contribution < -0.4 is 10.6 Å². The lowest BCUT2D eigenvalue weighted by molar-refractivity contribution is -0.149. The fraction of sp³-hybridized carbons (Fsp3) is 0.727. The molecule has 7 nitrogen and oxygen atoms in total. The van der Waals surface area contributed by atoms with Crippen molar-refractivity contribution >= 4 is 17.8 Å². The van der Waals surface area contributed by atoms with Crippen LogP contribution in [0.4, 0.5) is 0 Å². The van der Waals surface area contributed by atoms with Crippen molar-refractivity contribution in [2.75, 3.05) is 19.6 Å². The van der Waals surface area contributed by atoms with Gasteiger partial charge in [0.2, 0.25) is 11.8 Å². The van der Waals surface area contributed by atoms with Gasteiger partial charge in [-0.2, -0.15) is 0 Å². The molecule has 100 valence electrons. The van der Waals surface area contributed by atoms with E-state index in [0.29, 0.717) is 13.1 Å². The fourth-order valence-corrected chi connectivity index (χ4v) is 2.44. The Balaban J connectivity index is 2.09. The summed E-state index contributed by atoms with van der Waals surface area (Å²) in [6, 6.07) is -1.15. The maximum atomic E-state index is 12.2. The summed E-state index contributed by atoms with van der Waals surface area (Å²) >= 11 is 0. The molecular formula is C11H17N3O4. The lowest BCUT2D eigenvalue weighted by atomic mass is 10.1. The van der Waals surface area contributed by atoms with Gasteiger partial charge in [-0.25, -0.2) is 0 Å². The quantitative estimate of drug-likeness (QED) is 0.572. The molecule has 1 unspecified atom stereocenters. The first-order chi connectivity index (χ1) is 8.59. The molecule has 0 saturated carbocycles. The number of aliphatic carboxylic acids is 1. The van der Waals surface area contributed by atoms with Crippen molar-refractivity contribution in [2.45, 2.75) is 31.3 Å². The molecule has 0 radical (unpaired) electrons. The molecule has 0 aromatic heterocycles. The van der Waals surface area contributed by atoms with Crippen molar-refractivity contribution in [3.05, 3.63) is 0 Å². The number of hydrogen-bond donors (Lipinski definition) is 3. The van der Waals surface area contributed by atoms with Gasteiger partial charge < -0.3 is 20.6 Å².